The molecule has 2 saturated heterocycles. The molecule has 0 aromatic heterocycles. The number of piperidine rings is 1. The van der Waals surface area contributed by atoms with Gasteiger partial charge in [0.2, 0.25) is 70.9 Å². The van der Waals surface area contributed by atoms with Gasteiger partial charge < -0.3 is 66.4 Å². The number of benzene rings is 4. The van der Waals surface area contributed by atoms with Crippen molar-refractivity contribution in [1.29, 1.82) is 0 Å². The van der Waals surface area contributed by atoms with Crippen LogP contribution in [0.1, 0.15) is 123 Å². The Morgan fingerprint density at radius 1 is 0.422 bits per heavy atom. The number of likely N-dealkylation sites (N-methyl/N-ethyl adjacent to an activating group) is 5. The highest BCUT2D eigenvalue weighted by molar-refractivity contribution is 6.00. The van der Waals surface area contributed by atoms with Crippen molar-refractivity contribution in [3.8, 4) is 0 Å². The van der Waals surface area contributed by atoms with Crippen molar-refractivity contribution in [2.24, 2.45) is 17.8 Å². The Morgan fingerprint density at radius 2 is 0.824 bits per heavy atom. The molecule has 0 radical (unpaired) electrons. The van der Waals surface area contributed by atoms with Crippen LogP contribution in [0.25, 0.3) is 0 Å². The summed E-state index contributed by atoms with van der Waals surface area (Å²) in [5.74, 6) is -9.80. The summed E-state index contributed by atoms with van der Waals surface area (Å²) in [6, 6.07) is 21.4. The number of hydrogen-bond acceptors (Lipinski definition) is 13. The van der Waals surface area contributed by atoms with Gasteiger partial charge in [-0.1, -0.05) is 163 Å². The summed E-state index contributed by atoms with van der Waals surface area (Å²) in [6.45, 7) is 13.8. The zero-order valence-corrected chi connectivity index (χ0v) is 61.6. The van der Waals surface area contributed by atoms with Crippen molar-refractivity contribution in [1.82, 2.24) is 61.3 Å². The smallest absolute Gasteiger partial charge is 0.248 e. The number of amides is 12. The molecule has 102 heavy (non-hydrogen) atoms. The molecular weight excluding hydrogens is 1300 g/mol. The summed E-state index contributed by atoms with van der Waals surface area (Å²) in [5.41, 5.74) is 2.53. The van der Waals surface area contributed by atoms with E-state index in [1.54, 1.807) is 126 Å². The van der Waals surface area contributed by atoms with Crippen LogP contribution in [0, 0.1) is 17.8 Å². The highest BCUT2D eigenvalue weighted by Gasteiger charge is 2.43. The number of nitrogens with zero attached hydrogens (tertiary/aromatic N) is 6. The fourth-order valence-electron chi connectivity index (χ4n) is 12.9. The molecule has 4 aromatic rings. The van der Waals surface area contributed by atoms with Crippen molar-refractivity contribution in [3.05, 3.63) is 144 Å². The summed E-state index contributed by atoms with van der Waals surface area (Å²) in [4.78, 5) is 187. The molecule has 12 amide bonds. The van der Waals surface area contributed by atoms with Gasteiger partial charge >= 0.3 is 0 Å². The number of hydrogen-bond donors (Lipinski definition) is 7. The number of nitrogens with one attached hydrogen (secondary N) is 6. The van der Waals surface area contributed by atoms with Gasteiger partial charge in [-0.25, -0.2) is 0 Å². The maximum Gasteiger partial charge on any atom is 0.248 e. The van der Waals surface area contributed by atoms with Gasteiger partial charge in [-0.05, 0) is 92.4 Å². The molecule has 0 unspecified atom stereocenters. The van der Waals surface area contributed by atoms with E-state index in [-0.39, 0.29) is 62.7 Å². The first-order valence-corrected chi connectivity index (χ1v) is 35.6. The Kier molecular flexibility index (Phi) is 31.2. The number of aliphatic hydroxyl groups excluding tert-OH is 1. The predicted octanol–water partition coefficient (Wildman–Crippen LogP) is 3.59. The molecule has 0 saturated carbocycles. The molecule has 0 spiro atoms. The number of aliphatic hydroxyl groups is 1. The quantitative estimate of drug-likeness (QED) is 0.0845. The summed E-state index contributed by atoms with van der Waals surface area (Å²) >= 11 is 0. The predicted molar refractivity (Wildman–Crippen MR) is 387 cm³/mol. The summed E-state index contributed by atoms with van der Waals surface area (Å²) in [5, 5.41) is 28.1. The summed E-state index contributed by atoms with van der Waals surface area (Å²) in [7, 11) is 6.95. The minimum absolute atomic E-state index is 0.0158. The lowest BCUT2D eigenvalue weighted by Crippen LogP contribution is -2.62. The van der Waals surface area contributed by atoms with Crippen LogP contribution < -0.4 is 31.9 Å². The van der Waals surface area contributed by atoms with E-state index in [0.717, 1.165) is 21.1 Å². The number of carbonyl (C=O) groups is 12. The van der Waals surface area contributed by atoms with Crippen LogP contribution >= 0.6 is 0 Å². The second-order valence-corrected chi connectivity index (χ2v) is 28.6. The van der Waals surface area contributed by atoms with Gasteiger partial charge in [0, 0.05) is 74.0 Å². The van der Waals surface area contributed by atoms with Gasteiger partial charge in [0.05, 0.1) is 19.1 Å². The molecule has 6 rings (SSSR count). The Balaban J connectivity index is 1.47. The Morgan fingerprint density at radius 3 is 1.30 bits per heavy atom. The first-order chi connectivity index (χ1) is 48.3. The zero-order chi connectivity index (χ0) is 75.1. The SMILES string of the molecule is CC(C)C[C@@H]1NC(=O)[C@H](Cc2ccccc2)N(C)C(=O)[C@H](CC(C)C)N(C)C(=O)[C@H](Cc2ccccc2)NC(=O)[C@H](C)NC(=O)C[C@@H](C(=O)N2CCCCC2)NC(=O)[C@H](Cc2ccccc2)N(C)C(=O)CN(C)C(=O)[C@H](Cc2ccccc2)NC(=O)[C@H](CC(C)C)N(C)C(=O)[C@H]([C@@H](C)O)NC1=O. The van der Waals surface area contributed by atoms with Crippen LogP contribution in [0.3, 0.4) is 0 Å². The van der Waals surface area contributed by atoms with Crippen molar-refractivity contribution < 1.29 is 62.6 Å². The van der Waals surface area contributed by atoms with Gasteiger partial charge in [0.25, 0.3) is 0 Å². The van der Waals surface area contributed by atoms with E-state index in [0.29, 0.717) is 48.2 Å². The highest BCUT2D eigenvalue weighted by Crippen LogP contribution is 2.22. The number of rotatable bonds is 16. The molecule has 2 fully saturated rings. The number of likely N-dealkylation sites (tertiary alicyclic amines) is 1. The van der Waals surface area contributed by atoms with Crippen molar-refractivity contribution >= 4 is 70.9 Å². The fraction of sp³-hybridized carbons (Fsp3) is 0.532. The average molecular weight is 1410 g/mol. The maximum absolute atomic E-state index is 15.4. The Hall–Kier alpha value is -9.52. The fourth-order valence-corrected chi connectivity index (χ4v) is 12.9. The van der Waals surface area contributed by atoms with E-state index >= 15 is 24.0 Å². The second kappa shape index (κ2) is 39.1. The van der Waals surface area contributed by atoms with Crippen LogP contribution in [-0.4, -0.2) is 227 Å². The van der Waals surface area contributed by atoms with Crippen molar-refractivity contribution in [2.75, 3.05) is 54.9 Å². The second-order valence-electron chi connectivity index (χ2n) is 28.6. The zero-order valence-electron chi connectivity index (χ0n) is 61.6. The molecule has 2 heterocycles. The molecule has 25 nitrogen and oxygen atoms in total. The van der Waals surface area contributed by atoms with E-state index in [2.05, 4.69) is 31.9 Å². The van der Waals surface area contributed by atoms with Gasteiger partial charge in [0.1, 0.15) is 60.4 Å². The van der Waals surface area contributed by atoms with Gasteiger partial charge in [-0.3, -0.25) is 57.5 Å². The Bertz CT molecular complexity index is 3480. The van der Waals surface area contributed by atoms with Gasteiger partial charge in [-0.2, -0.15) is 0 Å². The largest absolute Gasteiger partial charge is 0.391 e. The average Bonchev–Trinajstić information content (AvgIpc) is 0.881. The standard InChI is InChI=1S/C77H108N12O13/c1-48(2)39-57-69(94)83-67(52(8)90)77(102)87(12)61(40-49(3)4)70(95)81-58(42-53-29-19-14-20-30-53)73(98)84(9)47-66(92)85(10)62(44-55-33-23-16-24-34-55)71(96)82-60(75(100)89-37-27-18-28-38-89)46-65(91)78-51(7)68(93)80-59(43-54-31-21-15-22-32-54)74(99)88(13)64(41-50(5)6)76(101)86(11)63(72(97)79-57)45-56-35-25-17-26-36-56/h14-17,19-26,29-36,48-52,57-64,67,90H,18,27-28,37-47H2,1-13H3,(H,78,91)(H,79,97)(H,80,93)(H,81,95)(H,82,96)(H,83,94)/t51-,52+,57-,58-,59-,60-,61-,62-,63-,64-,67-/m0/s1. The highest BCUT2D eigenvalue weighted by atomic mass is 16.3. The third-order valence-corrected chi connectivity index (χ3v) is 18.8. The van der Waals surface area contributed by atoms with Gasteiger partial charge in [0.15, 0.2) is 0 Å². The molecule has 11 atom stereocenters. The Labute approximate surface area is 601 Å². The summed E-state index contributed by atoms with van der Waals surface area (Å²) < 4.78 is 0. The molecule has 2 aliphatic heterocycles. The lowest BCUT2D eigenvalue weighted by atomic mass is 9.97. The molecule has 2 aliphatic rings. The molecule has 25 heteroatoms. The molecule has 0 bridgehead atoms. The summed E-state index contributed by atoms with van der Waals surface area (Å²) in [6.07, 6.45) is -0.208. The molecule has 4 aromatic carbocycles. The third-order valence-electron chi connectivity index (χ3n) is 18.8. The first-order valence-electron chi connectivity index (χ1n) is 35.6. The first kappa shape index (κ1) is 81.4. The third kappa shape index (κ3) is 23.8. The van der Waals surface area contributed by atoms with Crippen LogP contribution in [0.4, 0.5) is 0 Å². The van der Waals surface area contributed by atoms with Crippen LogP contribution in [0.15, 0.2) is 121 Å². The minimum atomic E-state index is -1.70. The van der Waals surface area contributed by atoms with Crippen molar-refractivity contribution in [3.63, 3.8) is 0 Å². The van der Waals surface area contributed by atoms with Crippen LogP contribution in [0.5, 0.6) is 0 Å². The molecule has 0 aliphatic carbocycles. The molecule has 7 N–H and O–H groups in total. The molecule has 554 valence electrons. The number of carbonyl (C=O) groups excluding carboxylic acids is 12. The minimum Gasteiger partial charge on any atom is -0.391 e. The maximum atomic E-state index is 15.4. The van der Waals surface area contributed by atoms with E-state index in [1.807, 2.05) is 41.5 Å². The van der Waals surface area contributed by atoms with E-state index < -0.39 is 150 Å². The van der Waals surface area contributed by atoms with E-state index in [9.17, 15) is 38.7 Å². The monoisotopic (exact) mass is 1410 g/mol. The van der Waals surface area contributed by atoms with Gasteiger partial charge in [-0.15, -0.1) is 0 Å². The van der Waals surface area contributed by atoms with Crippen LogP contribution in [0.2, 0.25) is 0 Å². The normalized spacial score (nSPS) is 24.4. The lowest BCUT2D eigenvalue weighted by molar-refractivity contribution is -0.149. The topological polar surface area (TPSA) is 317 Å². The lowest BCUT2D eigenvalue weighted by Gasteiger charge is -2.37. The van der Waals surface area contributed by atoms with E-state index in [4.69, 9.17) is 0 Å². The van der Waals surface area contributed by atoms with Crippen LogP contribution in [-0.2, 0) is 83.2 Å². The van der Waals surface area contributed by atoms with E-state index in [1.165, 1.54) is 58.9 Å². The van der Waals surface area contributed by atoms with Crippen molar-refractivity contribution in [2.45, 2.75) is 193 Å². The molecular formula is C77H108N12O13.